The van der Waals surface area contributed by atoms with Gasteiger partial charge < -0.3 is 15.1 Å². The van der Waals surface area contributed by atoms with Gasteiger partial charge in [0.25, 0.3) is 0 Å². The van der Waals surface area contributed by atoms with Gasteiger partial charge in [0, 0.05) is 63.6 Å². The molecule has 1 amide bonds. The van der Waals surface area contributed by atoms with E-state index in [9.17, 15) is 4.79 Å². The van der Waals surface area contributed by atoms with E-state index in [0.717, 1.165) is 45.4 Å². The highest BCUT2D eigenvalue weighted by Gasteiger charge is 2.35. The molecule has 6 nitrogen and oxygen atoms in total. The smallest absolute Gasteiger partial charge is 0.222 e. The van der Waals surface area contributed by atoms with Gasteiger partial charge in [0.2, 0.25) is 5.91 Å². The summed E-state index contributed by atoms with van der Waals surface area (Å²) in [6.07, 6.45) is 11.8. The Morgan fingerprint density at radius 2 is 1.72 bits per heavy atom. The molecule has 3 fully saturated rings. The summed E-state index contributed by atoms with van der Waals surface area (Å²) in [7, 11) is 2.03. The Bertz CT molecular complexity index is 583. The number of aromatic nitrogens is 2. The number of carbonyl (C=O) groups is 1. The van der Waals surface area contributed by atoms with Crippen molar-refractivity contribution in [1.29, 1.82) is 0 Å². The van der Waals surface area contributed by atoms with Gasteiger partial charge in [-0.15, -0.1) is 37.2 Å². The Kier molecular flexibility index (Phi) is 11.3. The maximum absolute atomic E-state index is 12.8. The van der Waals surface area contributed by atoms with Crippen molar-refractivity contribution in [1.82, 2.24) is 24.9 Å². The molecular weight excluding hydrogens is 433 g/mol. The molecule has 2 bridgehead atoms. The molecule has 2 atom stereocenters. The summed E-state index contributed by atoms with van der Waals surface area (Å²) in [5, 5.41) is 7.95. The lowest BCUT2D eigenvalue weighted by molar-refractivity contribution is -0.134. The molecule has 0 spiro atoms. The predicted octanol–water partition coefficient (Wildman–Crippen LogP) is 2.99. The summed E-state index contributed by atoms with van der Waals surface area (Å²) in [4.78, 5) is 17.4. The number of hydrogen-bond donors (Lipinski definition) is 1. The maximum atomic E-state index is 12.8. The number of piperidine rings is 2. The van der Waals surface area contributed by atoms with E-state index in [1.807, 2.05) is 30.2 Å². The molecule has 0 aliphatic carbocycles. The number of hydrogen-bond acceptors (Lipinski definition) is 4. The van der Waals surface area contributed by atoms with E-state index in [0.29, 0.717) is 30.0 Å². The van der Waals surface area contributed by atoms with Crippen molar-refractivity contribution in [3.63, 3.8) is 0 Å². The SMILES string of the molecule is CN(C(=O)CC1CC2CCC(C1)N2)C1CCN(CCn2cccn2)CC1.Cl.Cl.Cl. The number of carbonyl (C=O) groups excluding carboxylic acids is 1. The zero-order chi connectivity index (χ0) is 17.9. The average Bonchev–Trinajstić information content (AvgIpc) is 3.29. The van der Waals surface area contributed by atoms with Gasteiger partial charge in [-0.2, -0.15) is 5.10 Å². The Hall–Kier alpha value is -0.530. The normalized spacial score (nSPS) is 26.7. The topological polar surface area (TPSA) is 53.4 Å². The molecule has 0 saturated carbocycles. The lowest BCUT2D eigenvalue weighted by Crippen LogP contribution is -2.47. The van der Waals surface area contributed by atoms with Crippen molar-refractivity contribution in [2.24, 2.45) is 5.92 Å². The van der Waals surface area contributed by atoms with E-state index in [4.69, 9.17) is 0 Å². The van der Waals surface area contributed by atoms with Gasteiger partial charge in [0.05, 0.1) is 6.54 Å². The minimum Gasteiger partial charge on any atom is -0.343 e. The van der Waals surface area contributed by atoms with E-state index in [-0.39, 0.29) is 37.2 Å². The Labute approximate surface area is 193 Å². The molecule has 29 heavy (non-hydrogen) atoms. The van der Waals surface area contributed by atoms with Crippen LogP contribution >= 0.6 is 37.2 Å². The van der Waals surface area contributed by atoms with Crippen LogP contribution in [-0.2, 0) is 11.3 Å². The number of amides is 1. The average molecular weight is 469 g/mol. The zero-order valence-electron chi connectivity index (χ0n) is 17.2. The van der Waals surface area contributed by atoms with E-state index >= 15 is 0 Å². The third kappa shape index (κ3) is 7.00. The van der Waals surface area contributed by atoms with Crippen molar-refractivity contribution < 1.29 is 4.79 Å². The van der Waals surface area contributed by atoms with E-state index in [1.165, 1.54) is 25.7 Å². The van der Waals surface area contributed by atoms with Gasteiger partial charge in [-0.25, -0.2) is 0 Å². The van der Waals surface area contributed by atoms with Crippen molar-refractivity contribution in [2.45, 2.75) is 69.6 Å². The van der Waals surface area contributed by atoms with Gasteiger partial charge in [-0.3, -0.25) is 9.48 Å². The molecule has 4 heterocycles. The minimum atomic E-state index is 0. The molecule has 3 aliphatic heterocycles. The first kappa shape index (κ1) is 26.5. The molecule has 0 radical (unpaired) electrons. The molecule has 168 valence electrons. The van der Waals surface area contributed by atoms with Crippen molar-refractivity contribution in [3.05, 3.63) is 18.5 Å². The highest BCUT2D eigenvalue weighted by atomic mass is 35.5. The maximum Gasteiger partial charge on any atom is 0.222 e. The summed E-state index contributed by atoms with van der Waals surface area (Å²) >= 11 is 0. The van der Waals surface area contributed by atoms with Gasteiger partial charge in [-0.05, 0) is 50.5 Å². The standard InChI is InChI=1S/C20H33N5O.3ClH/c1-23(20(26)15-16-13-17-3-4-18(14-16)22-17)19-5-9-24(10-6-19)11-12-25-8-2-7-21-25;;;/h2,7-8,16-19,22H,3-6,9-15H2,1H3;3*1H. The molecule has 9 heteroatoms. The largest absolute Gasteiger partial charge is 0.343 e. The van der Waals surface area contributed by atoms with Crippen LogP contribution in [0.15, 0.2) is 18.5 Å². The fourth-order valence-electron chi connectivity index (χ4n) is 5.14. The third-order valence-corrected chi connectivity index (χ3v) is 6.74. The lowest BCUT2D eigenvalue weighted by Gasteiger charge is -2.37. The number of nitrogens with one attached hydrogen (secondary N) is 1. The third-order valence-electron chi connectivity index (χ3n) is 6.74. The van der Waals surface area contributed by atoms with E-state index < -0.39 is 0 Å². The van der Waals surface area contributed by atoms with Crippen LogP contribution in [0.25, 0.3) is 0 Å². The Morgan fingerprint density at radius 3 is 2.31 bits per heavy atom. The van der Waals surface area contributed by atoms with Crippen LogP contribution in [0.3, 0.4) is 0 Å². The van der Waals surface area contributed by atoms with Crippen LogP contribution in [0.5, 0.6) is 0 Å². The van der Waals surface area contributed by atoms with Crippen LogP contribution in [0, 0.1) is 5.92 Å². The first-order chi connectivity index (χ1) is 12.7. The zero-order valence-corrected chi connectivity index (χ0v) is 19.7. The second-order valence-corrected chi connectivity index (χ2v) is 8.53. The van der Waals surface area contributed by atoms with Gasteiger partial charge >= 0.3 is 0 Å². The van der Waals surface area contributed by atoms with E-state index in [2.05, 4.69) is 20.2 Å². The van der Waals surface area contributed by atoms with Crippen LogP contribution in [-0.4, -0.2) is 70.3 Å². The second kappa shape index (κ2) is 12.4. The predicted molar refractivity (Wildman–Crippen MR) is 123 cm³/mol. The summed E-state index contributed by atoms with van der Waals surface area (Å²) in [5.41, 5.74) is 0. The number of fused-ring (bicyclic) bond motifs is 2. The molecule has 3 saturated heterocycles. The monoisotopic (exact) mass is 467 g/mol. The van der Waals surface area contributed by atoms with Crippen molar-refractivity contribution >= 4 is 43.1 Å². The first-order valence-corrected chi connectivity index (χ1v) is 10.4. The van der Waals surface area contributed by atoms with E-state index in [1.54, 1.807) is 0 Å². The quantitative estimate of drug-likeness (QED) is 0.697. The van der Waals surface area contributed by atoms with Gasteiger partial charge in [-0.1, -0.05) is 0 Å². The second-order valence-electron chi connectivity index (χ2n) is 8.53. The van der Waals surface area contributed by atoms with Gasteiger partial charge in [0.1, 0.15) is 0 Å². The molecule has 1 aromatic rings. The van der Waals surface area contributed by atoms with Crippen molar-refractivity contribution in [3.8, 4) is 0 Å². The fraction of sp³-hybridized carbons (Fsp3) is 0.800. The number of nitrogens with zero attached hydrogens (tertiary/aromatic N) is 4. The number of halogens is 3. The van der Waals surface area contributed by atoms with Crippen LogP contribution in [0.1, 0.15) is 44.9 Å². The van der Waals surface area contributed by atoms with Crippen LogP contribution < -0.4 is 5.32 Å². The molecular formula is C20H36Cl3N5O. The molecule has 4 rings (SSSR count). The molecule has 3 aliphatic rings. The minimum absolute atomic E-state index is 0. The molecule has 1 N–H and O–H groups in total. The number of likely N-dealkylation sites (tertiary alicyclic amines) is 1. The highest BCUT2D eigenvalue weighted by Crippen LogP contribution is 2.33. The number of rotatable bonds is 6. The molecule has 2 unspecified atom stereocenters. The summed E-state index contributed by atoms with van der Waals surface area (Å²) in [6.45, 7) is 4.16. The Balaban J connectivity index is 0.00000140. The molecule has 0 aromatic carbocycles. The molecule has 1 aromatic heterocycles. The summed E-state index contributed by atoms with van der Waals surface area (Å²) < 4.78 is 1.99. The first-order valence-electron chi connectivity index (χ1n) is 10.4. The van der Waals surface area contributed by atoms with Crippen LogP contribution in [0.2, 0.25) is 0 Å². The summed E-state index contributed by atoms with van der Waals surface area (Å²) in [6, 6.07) is 3.74. The van der Waals surface area contributed by atoms with Crippen LogP contribution in [0.4, 0.5) is 0 Å². The lowest BCUT2D eigenvalue weighted by atomic mass is 9.89. The Morgan fingerprint density at radius 1 is 1.07 bits per heavy atom. The fourth-order valence-corrected chi connectivity index (χ4v) is 5.14. The van der Waals surface area contributed by atoms with Crippen molar-refractivity contribution in [2.75, 3.05) is 26.7 Å². The van der Waals surface area contributed by atoms with Gasteiger partial charge in [0.15, 0.2) is 0 Å². The summed E-state index contributed by atoms with van der Waals surface area (Å²) in [5.74, 6) is 0.962. The highest BCUT2D eigenvalue weighted by molar-refractivity contribution is 5.86.